The lowest BCUT2D eigenvalue weighted by Crippen LogP contribution is -2.41. The van der Waals surface area contributed by atoms with E-state index in [0.717, 1.165) is 16.0 Å². The molecular formula is C23H20ClNO3S. The van der Waals surface area contributed by atoms with Gasteiger partial charge in [0, 0.05) is 15.5 Å². The Kier molecular flexibility index (Phi) is 5.07. The van der Waals surface area contributed by atoms with Crippen molar-refractivity contribution >= 4 is 40.3 Å². The number of carbonyl (C=O) groups excluding carboxylic acids is 2. The van der Waals surface area contributed by atoms with Crippen molar-refractivity contribution in [3.63, 3.8) is 0 Å². The molecule has 1 atom stereocenters. The molecule has 0 saturated heterocycles. The summed E-state index contributed by atoms with van der Waals surface area (Å²) in [5.74, 6) is -0.762. The van der Waals surface area contributed by atoms with Gasteiger partial charge in [0.25, 0.3) is 5.91 Å². The van der Waals surface area contributed by atoms with Crippen molar-refractivity contribution in [1.82, 2.24) is 0 Å². The summed E-state index contributed by atoms with van der Waals surface area (Å²) < 4.78 is 0. The lowest BCUT2D eigenvalue weighted by molar-refractivity contribution is -0.136. The fourth-order valence-corrected chi connectivity index (χ4v) is 4.69. The van der Waals surface area contributed by atoms with Gasteiger partial charge < -0.3 is 10.0 Å². The quantitative estimate of drug-likeness (QED) is 0.583. The van der Waals surface area contributed by atoms with E-state index in [-0.39, 0.29) is 12.2 Å². The molecule has 2 heterocycles. The molecule has 0 aliphatic carbocycles. The molecule has 0 fully saturated rings. The van der Waals surface area contributed by atoms with Gasteiger partial charge in [-0.3, -0.25) is 9.59 Å². The largest absolute Gasteiger partial charge is 0.375 e. The Morgan fingerprint density at radius 3 is 2.59 bits per heavy atom. The number of aryl methyl sites for hydroxylation is 2. The molecule has 148 valence electrons. The van der Waals surface area contributed by atoms with Crippen LogP contribution < -0.4 is 4.90 Å². The number of carbonyl (C=O) groups is 2. The Balaban J connectivity index is 1.73. The highest BCUT2D eigenvalue weighted by Gasteiger charge is 2.51. The molecule has 4 nitrogen and oxygen atoms in total. The number of aliphatic hydroxyl groups is 1. The van der Waals surface area contributed by atoms with E-state index < -0.39 is 11.5 Å². The molecule has 1 N–H and O–H groups in total. The van der Waals surface area contributed by atoms with Crippen molar-refractivity contribution in [3.05, 3.63) is 86.1 Å². The van der Waals surface area contributed by atoms with Gasteiger partial charge in [-0.2, -0.15) is 0 Å². The van der Waals surface area contributed by atoms with Gasteiger partial charge in [-0.15, -0.1) is 11.3 Å². The summed E-state index contributed by atoms with van der Waals surface area (Å²) >= 11 is 7.52. The van der Waals surface area contributed by atoms with Crippen LogP contribution in [0.4, 0.5) is 5.69 Å². The van der Waals surface area contributed by atoms with Gasteiger partial charge in [-0.05, 0) is 55.3 Å². The minimum Gasteiger partial charge on any atom is -0.375 e. The van der Waals surface area contributed by atoms with Gasteiger partial charge in [0.05, 0.1) is 23.5 Å². The fraction of sp³-hybridized carbons (Fsp3) is 0.217. The Bertz CT molecular complexity index is 1120. The number of fused-ring (bicyclic) bond motifs is 1. The van der Waals surface area contributed by atoms with E-state index in [9.17, 15) is 14.7 Å². The number of hydrogen-bond donors (Lipinski definition) is 1. The van der Waals surface area contributed by atoms with Crippen molar-refractivity contribution in [3.8, 4) is 0 Å². The second-order valence-corrected chi connectivity index (χ2v) is 9.07. The third kappa shape index (κ3) is 3.50. The maximum atomic E-state index is 13.4. The van der Waals surface area contributed by atoms with Crippen LogP contribution in [0.1, 0.15) is 37.7 Å². The Morgan fingerprint density at radius 2 is 1.90 bits per heavy atom. The smallest absolute Gasteiger partial charge is 0.264 e. The molecule has 6 heteroatoms. The number of anilines is 1. The minimum atomic E-state index is -1.93. The molecule has 1 aliphatic heterocycles. The van der Waals surface area contributed by atoms with Crippen LogP contribution in [0.25, 0.3) is 0 Å². The van der Waals surface area contributed by atoms with E-state index >= 15 is 0 Å². The molecule has 0 saturated carbocycles. The first-order valence-corrected chi connectivity index (χ1v) is 10.5. The first-order valence-electron chi connectivity index (χ1n) is 9.28. The van der Waals surface area contributed by atoms with Gasteiger partial charge in [0.2, 0.25) is 0 Å². The van der Waals surface area contributed by atoms with Gasteiger partial charge in [-0.1, -0.05) is 35.9 Å². The number of rotatable bonds is 5. The summed E-state index contributed by atoms with van der Waals surface area (Å²) in [6, 6.07) is 16.4. The molecule has 2 aromatic carbocycles. The highest BCUT2D eigenvalue weighted by atomic mass is 35.5. The zero-order chi connectivity index (χ0) is 20.8. The highest BCUT2D eigenvalue weighted by molar-refractivity contribution is 7.14. The average molecular weight is 426 g/mol. The third-order valence-electron chi connectivity index (χ3n) is 5.32. The second kappa shape index (κ2) is 7.41. The van der Waals surface area contributed by atoms with E-state index in [1.165, 1.54) is 11.3 Å². The third-order valence-corrected chi connectivity index (χ3v) is 6.59. The second-order valence-electron chi connectivity index (χ2n) is 7.35. The van der Waals surface area contributed by atoms with Crippen LogP contribution in [-0.2, 0) is 16.9 Å². The van der Waals surface area contributed by atoms with Crippen molar-refractivity contribution < 1.29 is 14.7 Å². The fourth-order valence-electron chi connectivity index (χ4n) is 3.71. The predicted molar refractivity (Wildman–Crippen MR) is 116 cm³/mol. The Hall–Kier alpha value is -2.47. The summed E-state index contributed by atoms with van der Waals surface area (Å²) in [7, 11) is 0. The lowest BCUT2D eigenvalue weighted by Gasteiger charge is -2.23. The number of Topliss-reactive ketones (excluding diaryl/α,β-unsaturated/α-hetero) is 1. The zero-order valence-electron chi connectivity index (χ0n) is 16.1. The molecule has 4 rings (SSSR count). The molecule has 0 radical (unpaired) electrons. The summed E-state index contributed by atoms with van der Waals surface area (Å²) in [4.78, 5) is 29.3. The molecule has 1 aliphatic rings. The molecule has 0 unspecified atom stereocenters. The van der Waals surface area contributed by atoms with Gasteiger partial charge >= 0.3 is 0 Å². The monoisotopic (exact) mass is 425 g/mol. The molecule has 1 amide bonds. The Morgan fingerprint density at radius 1 is 1.14 bits per heavy atom. The van der Waals surface area contributed by atoms with Crippen LogP contribution in [0.2, 0.25) is 5.02 Å². The maximum absolute atomic E-state index is 13.4. The van der Waals surface area contributed by atoms with Gasteiger partial charge in [-0.25, -0.2) is 0 Å². The standard InChI is InChI=1S/C23H20ClNO3S/c1-14-5-3-4-6-16(14)13-25-19-9-8-17(24)11-18(19)23(28,22(25)27)12-20(26)21-10-7-15(2)29-21/h3-11,28H,12-13H2,1-2H3/t23-/m0/s1. The molecule has 0 bridgehead atoms. The molecule has 0 spiro atoms. The van der Waals surface area contributed by atoms with E-state index in [0.29, 0.717) is 27.7 Å². The van der Waals surface area contributed by atoms with Gasteiger partial charge in [0.15, 0.2) is 11.4 Å². The van der Waals surface area contributed by atoms with Crippen LogP contribution in [0.15, 0.2) is 54.6 Å². The first kappa shape index (κ1) is 19.8. The number of nitrogens with zero attached hydrogens (tertiary/aromatic N) is 1. The minimum absolute atomic E-state index is 0.261. The van der Waals surface area contributed by atoms with Crippen LogP contribution in [0.3, 0.4) is 0 Å². The van der Waals surface area contributed by atoms with Crippen LogP contribution in [0, 0.1) is 13.8 Å². The number of benzene rings is 2. The zero-order valence-corrected chi connectivity index (χ0v) is 17.7. The van der Waals surface area contributed by atoms with E-state index in [2.05, 4.69) is 0 Å². The summed E-state index contributed by atoms with van der Waals surface area (Å²) in [6.45, 7) is 4.21. The normalized spacial score (nSPS) is 18.2. The number of hydrogen-bond acceptors (Lipinski definition) is 4. The average Bonchev–Trinajstić information content (AvgIpc) is 3.20. The number of halogens is 1. The van der Waals surface area contributed by atoms with Crippen LogP contribution in [0.5, 0.6) is 0 Å². The molecular weight excluding hydrogens is 406 g/mol. The van der Waals surface area contributed by atoms with Crippen LogP contribution >= 0.6 is 22.9 Å². The van der Waals surface area contributed by atoms with Crippen molar-refractivity contribution in [2.45, 2.75) is 32.4 Å². The number of thiophene rings is 1. The summed E-state index contributed by atoms with van der Waals surface area (Å²) in [5.41, 5.74) is 1.06. The number of amides is 1. The van der Waals surface area contributed by atoms with Crippen LogP contribution in [-0.4, -0.2) is 16.8 Å². The first-order chi connectivity index (χ1) is 13.8. The summed E-state index contributed by atoms with van der Waals surface area (Å²) in [6.07, 6.45) is -0.316. The van der Waals surface area contributed by atoms with E-state index in [4.69, 9.17) is 11.6 Å². The van der Waals surface area contributed by atoms with E-state index in [1.54, 1.807) is 29.2 Å². The molecule has 29 heavy (non-hydrogen) atoms. The molecule has 3 aromatic rings. The highest BCUT2D eigenvalue weighted by Crippen LogP contribution is 2.45. The SMILES string of the molecule is Cc1ccc(C(=O)C[C@@]2(O)C(=O)N(Cc3ccccc3C)c3ccc(Cl)cc32)s1. The van der Waals surface area contributed by atoms with Gasteiger partial charge in [0.1, 0.15) is 0 Å². The maximum Gasteiger partial charge on any atom is 0.264 e. The topological polar surface area (TPSA) is 57.6 Å². The predicted octanol–water partition coefficient (Wildman–Crippen LogP) is 5.03. The van der Waals surface area contributed by atoms with Crippen molar-refractivity contribution in [2.24, 2.45) is 0 Å². The van der Waals surface area contributed by atoms with E-state index in [1.807, 2.05) is 44.2 Å². The number of ketones is 1. The summed E-state index contributed by atoms with van der Waals surface area (Å²) in [5, 5.41) is 11.8. The van der Waals surface area contributed by atoms with Crippen molar-refractivity contribution in [2.75, 3.05) is 4.90 Å². The lowest BCUT2D eigenvalue weighted by atomic mass is 9.89. The molecule has 1 aromatic heterocycles. The van der Waals surface area contributed by atoms with Crippen molar-refractivity contribution in [1.29, 1.82) is 0 Å². The Labute approximate surface area is 178 Å².